The first-order valence-corrected chi connectivity index (χ1v) is 19.0. The van der Waals surface area contributed by atoms with Crippen molar-refractivity contribution in [3.8, 4) is 28.4 Å². The first-order valence-electron chi connectivity index (χ1n) is 18.1. The second-order valence-corrected chi connectivity index (χ2v) is 16.9. The summed E-state index contributed by atoms with van der Waals surface area (Å²) in [6, 6.07) is 11.5. The van der Waals surface area contributed by atoms with Gasteiger partial charge in [-0.2, -0.15) is 0 Å². The van der Waals surface area contributed by atoms with E-state index >= 15 is 0 Å². The molecule has 3 aromatic rings. The molecule has 3 fully saturated rings. The molecule has 0 bridgehead atoms. The van der Waals surface area contributed by atoms with Gasteiger partial charge >= 0.3 is 6.09 Å². The van der Waals surface area contributed by atoms with Crippen LogP contribution in [0.15, 0.2) is 47.3 Å². The highest BCUT2D eigenvalue weighted by Crippen LogP contribution is 2.50. The van der Waals surface area contributed by atoms with Crippen molar-refractivity contribution in [2.24, 2.45) is 11.3 Å². The van der Waals surface area contributed by atoms with Gasteiger partial charge in [0.05, 0.1) is 18.0 Å². The normalized spacial score (nSPS) is 22.0. The Labute approximate surface area is 319 Å². The third-order valence-corrected chi connectivity index (χ3v) is 11.6. The molecule has 4 aliphatic rings. The van der Waals surface area contributed by atoms with Crippen molar-refractivity contribution in [3.05, 3.63) is 52.8 Å². The average molecular weight is 784 g/mol. The first kappa shape index (κ1) is 38.2. The number of benzene rings is 2. The molecule has 7 rings (SSSR count). The van der Waals surface area contributed by atoms with Gasteiger partial charge < -0.3 is 39.5 Å². The quantitative estimate of drug-likeness (QED) is 0.170. The van der Waals surface area contributed by atoms with Crippen LogP contribution in [0.5, 0.6) is 17.2 Å². The minimum absolute atomic E-state index is 0.0607. The lowest BCUT2D eigenvalue weighted by Gasteiger charge is -2.27. The second-order valence-electron chi connectivity index (χ2n) is 15.5. The van der Waals surface area contributed by atoms with Crippen LogP contribution in [0.1, 0.15) is 52.9 Å². The zero-order valence-corrected chi connectivity index (χ0v) is 31.4. The van der Waals surface area contributed by atoms with Gasteiger partial charge in [-0.3, -0.25) is 23.9 Å². The van der Waals surface area contributed by atoms with Gasteiger partial charge in [-0.1, -0.05) is 26.0 Å². The smallest absolute Gasteiger partial charge is 0.407 e. The minimum Gasteiger partial charge on any atom is -0.493 e. The fourth-order valence-electron chi connectivity index (χ4n) is 6.72. The number of alkyl carbamates (subject to hydrolysis) is 1. The number of nitrogens with zero attached hydrogens (tertiary/aromatic N) is 1. The predicted molar refractivity (Wildman–Crippen MR) is 198 cm³/mol. The summed E-state index contributed by atoms with van der Waals surface area (Å²) in [5, 5.41) is 5.75. The van der Waals surface area contributed by atoms with Crippen molar-refractivity contribution in [1.29, 1.82) is 0 Å². The lowest BCUT2D eigenvalue weighted by Crippen LogP contribution is -2.56. The standard InChI is InChI=1S/C38H43F2N5O9S/c1-36(2,18-51-23-7-4-6-21(14-23)24-15-22-9-10-27-30(54-20-53-27)29(22)42-32(24)47)19-52-35(50)41-17-28(46)45-13-5-8-26(45)33(48)43-38(16-25(38)31(39)40)34(49)44-55-37(3)11-12-37/h4,6-7,9-10,14-15,25-26,31H,5,8,11-13,16-20H2,1-3H3,(H,41,50)(H,42,47)(H,43,48)(H,44,49)/t25-,26?,38+/m0/s1. The van der Waals surface area contributed by atoms with Gasteiger partial charge in [0.15, 0.2) is 11.5 Å². The van der Waals surface area contributed by atoms with Gasteiger partial charge in [0.25, 0.3) is 11.5 Å². The van der Waals surface area contributed by atoms with Crippen LogP contribution in [0.2, 0.25) is 0 Å². The summed E-state index contributed by atoms with van der Waals surface area (Å²) >= 11 is 1.18. The maximum Gasteiger partial charge on any atom is 0.407 e. The molecule has 0 spiro atoms. The highest BCUT2D eigenvalue weighted by molar-refractivity contribution is 7.99. The van der Waals surface area contributed by atoms with Crippen molar-refractivity contribution in [1.82, 2.24) is 25.2 Å². The number of halogens is 2. The van der Waals surface area contributed by atoms with Crippen molar-refractivity contribution < 1.29 is 46.9 Å². The number of H-pyrrole nitrogens is 1. The minimum atomic E-state index is -2.80. The lowest BCUT2D eigenvalue weighted by molar-refractivity contribution is -0.139. The van der Waals surface area contributed by atoms with Crippen LogP contribution in [0, 0.1) is 11.3 Å². The molecule has 17 heteroatoms. The molecule has 14 nitrogen and oxygen atoms in total. The maximum atomic E-state index is 13.7. The number of likely N-dealkylation sites (tertiary alicyclic amines) is 1. The van der Waals surface area contributed by atoms with E-state index in [1.54, 1.807) is 36.4 Å². The third kappa shape index (κ3) is 8.31. The number of ether oxygens (including phenoxy) is 4. The summed E-state index contributed by atoms with van der Waals surface area (Å²) in [5.74, 6) is -1.65. The van der Waals surface area contributed by atoms with Crippen molar-refractivity contribution in [2.45, 2.75) is 75.6 Å². The molecule has 1 unspecified atom stereocenters. The van der Waals surface area contributed by atoms with Crippen molar-refractivity contribution in [3.63, 3.8) is 0 Å². The number of alkyl halides is 2. The fraction of sp³-hybridized carbons (Fsp3) is 0.500. The summed E-state index contributed by atoms with van der Waals surface area (Å²) in [5.41, 5.74) is -1.05. The van der Waals surface area contributed by atoms with E-state index in [0.29, 0.717) is 40.3 Å². The Morgan fingerprint density at radius 2 is 1.91 bits per heavy atom. The number of carbonyl (C=O) groups excluding carboxylic acids is 4. The van der Waals surface area contributed by atoms with Crippen LogP contribution in [0.3, 0.4) is 0 Å². The van der Waals surface area contributed by atoms with Gasteiger partial charge in [-0.15, -0.1) is 0 Å². The molecular formula is C38H43F2N5O9S. The molecule has 2 aromatic carbocycles. The fourth-order valence-corrected chi connectivity index (χ4v) is 7.55. The second kappa shape index (κ2) is 14.9. The summed E-state index contributed by atoms with van der Waals surface area (Å²) in [6.45, 7) is 5.57. The number of hydrogen-bond donors (Lipinski definition) is 4. The Kier molecular flexibility index (Phi) is 10.3. The number of hydrogen-bond acceptors (Lipinski definition) is 10. The van der Waals surface area contributed by atoms with Crippen LogP contribution < -0.4 is 35.1 Å². The number of carbonyl (C=O) groups is 4. The van der Waals surface area contributed by atoms with Crippen molar-refractivity contribution in [2.75, 3.05) is 33.1 Å². The zero-order valence-electron chi connectivity index (χ0n) is 30.6. The van der Waals surface area contributed by atoms with Crippen LogP contribution in [0.4, 0.5) is 13.6 Å². The Balaban J connectivity index is 0.880. The van der Waals surface area contributed by atoms with Crippen LogP contribution in [-0.2, 0) is 19.1 Å². The van der Waals surface area contributed by atoms with Crippen LogP contribution in [0.25, 0.3) is 22.0 Å². The average Bonchev–Trinajstić information content (AvgIpc) is 3.91. The van der Waals surface area contributed by atoms with E-state index in [9.17, 15) is 32.8 Å². The van der Waals surface area contributed by atoms with E-state index < -0.39 is 59.7 Å². The Bertz CT molecular complexity index is 2080. The van der Waals surface area contributed by atoms with Gasteiger partial charge in [0.2, 0.25) is 25.0 Å². The third-order valence-electron chi connectivity index (χ3n) is 10.4. The first-order chi connectivity index (χ1) is 26.2. The molecule has 3 heterocycles. The Morgan fingerprint density at radius 1 is 1.11 bits per heavy atom. The largest absolute Gasteiger partial charge is 0.493 e. The number of rotatable bonds is 14. The highest BCUT2D eigenvalue weighted by atomic mass is 32.2. The molecule has 1 saturated heterocycles. The van der Waals surface area contributed by atoms with Gasteiger partial charge in [0.1, 0.15) is 30.5 Å². The highest BCUT2D eigenvalue weighted by Gasteiger charge is 2.66. The molecule has 55 heavy (non-hydrogen) atoms. The van der Waals surface area contributed by atoms with E-state index in [1.165, 1.54) is 16.8 Å². The number of aromatic amines is 1. The monoisotopic (exact) mass is 783 g/mol. The SMILES string of the molecule is CC(C)(COC(=O)NCC(=O)N1CCCC1C(=O)N[C@]1(C(=O)NSC2(C)CC2)C[C@H]1C(F)F)COc1cccc(-c2cc3ccc4c(c3[nH]c2=O)OCO4)c1. The van der Waals surface area contributed by atoms with Crippen LogP contribution >= 0.6 is 11.9 Å². The summed E-state index contributed by atoms with van der Waals surface area (Å²) < 4.78 is 52.3. The molecule has 4 amide bonds. The molecule has 2 saturated carbocycles. The number of nitrogens with one attached hydrogen (secondary N) is 4. The van der Waals surface area contributed by atoms with Crippen molar-refractivity contribution >= 4 is 46.7 Å². The molecule has 294 valence electrons. The molecule has 0 radical (unpaired) electrons. The number of pyridine rings is 1. The summed E-state index contributed by atoms with van der Waals surface area (Å²) in [7, 11) is 0. The van der Waals surface area contributed by atoms with Gasteiger partial charge in [-0.25, -0.2) is 13.6 Å². The Morgan fingerprint density at radius 3 is 2.65 bits per heavy atom. The Hall–Kier alpha value is -5.06. The number of fused-ring (bicyclic) bond motifs is 3. The number of amides is 4. The van der Waals surface area contributed by atoms with E-state index in [2.05, 4.69) is 20.3 Å². The van der Waals surface area contributed by atoms with Gasteiger partial charge in [-0.05, 0) is 86.9 Å². The molecular weight excluding hydrogens is 741 g/mol. The van der Waals surface area contributed by atoms with Gasteiger partial charge in [0, 0.05) is 27.7 Å². The van der Waals surface area contributed by atoms with E-state index in [-0.39, 0.29) is 49.7 Å². The van der Waals surface area contributed by atoms with E-state index in [0.717, 1.165) is 18.2 Å². The van der Waals surface area contributed by atoms with Crippen LogP contribution in [-0.4, -0.2) is 89.5 Å². The lowest BCUT2D eigenvalue weighted by atomic mass is 9.96. The van der Waals surface area contributed by atoms with E-state index in [1.807, 2.05) is 26.8 Å². The molecule has 2 aliphatic heterocycles. The predicted octanol–water partition coefficient (Wildman–Crippen LogP) is 4.50. The summed E-state index contributed by atoms with van der Waals surface area (Å²) in [4.78, 5) is 69.3. The summed E-state index contributed by atoms with van der Waals surface area (Å²) in [6.07, 6.45) is -1.27. The molecule has 1 aromatic heterocycles. The molecule has 2 aliphatic carbocycles. The molecule has 4 N–H and O–H groups in total. The zero-order chi connectivity index (χ0) is 39.1. The molecule has 3 atom stereocenters. The van der Waals surface area contributed by atoms with E-state index in [4.69, 9.17) is 18.9 Å². The topological polar surface area (TPSA) is 177 Å². The number of aromatic nitrogens is 1. The maximum absolute atomic E-state index is 13.7.